The fraction of sp³-hybridized carbons (Fsp3) is 0.571. The normalized spacial score (nSPS) is 19.8. The number of halogens is 2. The topological polar surface area (TPSA) is 61.7 Å². The van der Waals surface area contributed by atoms with E-state index >= 15 is 0 Å². The van der Waals surface area contributed by atoms with Crippen molar-refractivity contribution in [2.75, 3.05) is 26.3 Å². The van der Waals surface area contributed by atoms with Crippen LogP contribution in [0.2, 0.25) is 5.02 Å². The summed E-state index contributed by atoms with van der Waals surface area (Å²) in [5.74, 6) is -0.435. The van der Waals surface area contributed by atoms with Gasteiger partial charge in [-0.3, -0.25) is 0 Å². The molecule has 0 spiro atoms. The Morgan fingerprint density at radius 1 is 1.40 bits per heavy atom. The number of hydrogen-bond acceptors (Lipinski definition) is 4. The Balaban J connectivity index is 1.84. The van der Waals surface area contributed by atoms with Crippen molar-refractivity contribution in [1.29, 1.82) is 0 Å². The number of ether oxygens (including phenoxy) is 1. The minimum atomic E-state index is -0.841. The number of rotatable bonds is 5. The van der Waals surface area contributed by atoms with Crippen molar-refractivity contribution >= 4 is 11.6 Å². The standard InChI is InChI=1S/C14H19ClFNO3/c15-12-7-10(16)1-2-11(12)13(18)8-17-9-14(19)3-5-20-6-4-14/h1-2,7,13,17-19H,3-6,8-9H2. The van der Waals surface area contributed by atoms with Crippen LogP contribution in [0.5, 0.6) is 0 Å². The number of aliphatic hydroxyl groups is 2. The third-order valence-corrected chi connectivity index (χ3v) is 3.86. The van der Waals surface area contributed by atoms with Crippen molar-refractivity contribution in [3.05, 3.63) is 34.6 Å². The summed E-state index contributed by atoms with van der Waals surface area (Å²) in [6.45, 7) is 1.72. The van der Waals surface area contributed by atoms with Crippen molar-refractivity contribution in [3.8, 4) is 0 Å². The number of aliphatic hydroxyl groups excluding tert-OH is 1. The average Bonchev–Trinajstić information content (AvgIpc) is 2.39. The van der Waals surface area contributed by atoms with Gasteiger partial charge in [0.2, 0.25) is 0 Å². The van der Waals surface area contributed by atoms with Crippen LogP contribution < -0.4 is 5.32 Å². The molecule has 20 heavy (non-hydrogen) atoms. The summed E-state index contributed by atoms with van der Waals surface area (Å²) in [6, 6.07) is 3.90. The van der Waals surface area contributed by atoms with Crippen molar-refractivity contribution in [2.45, 2.75) is 24.5 Å². The lowest BCUT2D eigenvalue weighted by Gasteiger charge is -2.32. The lowest BCUT2D eigenvalue weighted by atomic mass is 9.94. The molecule has 1 atom stereocenters. The van der Waals surface area contributed by atoms with Crippen LogP contribution in [-0.4, -0.2) is 42.1 Å². The van der Waals surface area contributed by atoms with Crippen LogP contribution in [0.15, 0.2) is 18.2 Å². The van der Waals surface area contributed by atoms with Crippen molar-refractivity contribution in [2.24, 2.45) is 0 Å². The first-order valence-corrected chi connectivity index (χ1v) is 7.02. The van der Waals surface area contributed by atoms with E-state index in [9.17, 15) is 14.6 Å². The van der Waals surface area contributed by atoms with Gasteiger partial charge >= 0.3 is 0 Å². The van der Waals surface area contributed by atoms with Gasteiger partial charge in [-0.25, -0.2) is 4.39 Å². The minimum Gasteiger partial charge on any atom is -0.388 e. The molecule has 1 saturated heterocycles. The Morgan fingerprint density at radius 2 is 2.10 bits per heavy atom. The van der Waals surface area contributed by atoms with Gasteiger partial charge in [0.1, 0.15) is 5.82 Å². The van der Waals surface area contributed by atoms with Crippen LogP contribution >= 0.6 is 11.6 Å². The maximum Gasteiger partial charge on any atom is 0.124 e. The summed E-state index contributed by atoms with van der Waals surface area (Å²) in [5.41, 5.74) is -0.315. The quantitative estimate of drug-likeness (QED) is 0.774. The van der Waals surface area contributed by atoms with E-state index in [-0.39, 0.29) is 11.6 Å². The molecule has 6 heteroatoms. The molecule has 4 nitrogen and oxygen atoms in total. The van der Waals surface area contributed by atoms with Gasteiger partial charge in [0.15, 0.2) is 0 Å². The van der Waals surface area contributed by atoms with Crippen LogP contribution in [0, 0.1) is 5.82 Å². The molecule has 0 radical (unpaired) electrons. The predicted molar refractivity (Wildman–Crippen MR) is 74.2 cm³/mol. The summed E-state index contributed by atoms with van der Waals surface area (Å²) >= 11 is 5.89. The highest BCUT2D eigenvalue weighted by molar-refractivity contribution is 6.31. The van der Waals surface area contributed by atoms with Crippen molar-refractivity contribution in [1.82, 2.24) is 5.32 Å². The zero-order chi connectivity index (χ0) is 14.6. The highest BCUT2D eigenvalue weighted by Crippen LogP contribution is 2.24. The van der Waals surface area contributed by atoms with Gasteiger partial charge in [0.05, 0.1) is 11.7 Å². The summed E-state index contributed by atoms with van der Waals surface area (Å²) in [4.78, 5) is 0. The molecule has 1 aromatic rings. The van der Waals surface area contributed by atoms with Crippen molar-refractivity contribution in [3.63, 3.8) is 0 Å². The molecular weight excluding hydrogens is 285 g/mol. The van der Waals surface area contributed by atoms with Crippen LogP contribution in [0.1, 0.15) is 24.5 Å². The van der Waals surface area contributed by atoms with E-state index in [2.05, 4.69) is 5.32 Å². The van der Waals surface area contributed by atoms with Crippen LogP contribution in [0.3, 0.4) is 0 Å². The zero-order valence-corrected chi connectivity index (χ0v) is 11.9. The van der Waals surface area contributed by atoms with E-state index in [0.29, 0.717) is 38.2 Å². The molecule has 0 bridgehead atoms. The molecule has 1 aliphatic heterocycles. The highest BCUT2D eigenvalue weighted by Gasteiger charge is 2.29. The third kappa shape index (κ3) is 4.14. The third-order valence-electron chi connectivity index (χ3n) is 3.54. The molecule has 0 saturated carbocycles. The van der Waals surface area contributed by atoms with Gasteiger partial charge in [-0.15, -0.1) is 0 Å². The van der Waals surface area contributed by atoms with Crippen molar-refractivity contribution < 1.29 is 19.3 Å². The molecule has 112 valence electrons. The Bertz CT molecular complexity index is 452. The minimum absolute atomic E-state index is 0.198. The highest BCUT2D eigenvalue weighted by atomic mass is 35.5. The van der Waals surface area contributed by atoms with Crippen LogP contribution in [0.4, 0.5) is 4.39 Å². The summed E-state index contributed by atoms with van der Waals surface area (Å²) in [5, 5.41) is 23.5. The molecule has 1 aliphatic rings. The Kier molecular flexibility index (Phi) is 5.35. The van der Waals surface area contributed by atoms with E-state index in [1.165, 1.54) is 18.2 Å². The van der Waals surface area contributed by atoms with Gasteiger partial charge < -0.3 is 20.3 Å². The first kappa shape index (κ1) is 15.7. The molecular formula is C14H19ClFNO3. The van der Waals surface area contributed by atoms with Crippen LogP contribution in [0.25, 0.3) is 0 Å². The van der Waals surface area contributed by atoms with Crippen LogP contribution in [-0.2, 0) is 4.74 Å². The van der Waals surface area contributed by atoms with Gasteiger partial charge in [-0.05, 0) is 12.1 Å². The predicted octanol–water partition coefficient (Wildman–Crippen LogP) is 1.64. The first-order valence-electron chi connectivity index (χ1n) is 6.64. The smallest absolute Gasteiger partial charge is 0.124 e. The van der Waals surface area contributed by atoms with Gasteiger partial charge in [-0.1, -0.05) is 17.7 Å². The molecule has 1 aromatic carbocycles. The van der Waals surface area contributed by atoms with E-state index in [1.54, 1.807) is 0 Å². The molecule has 0 amide bonds. The molecule has 1 heterocycles. The van der Waals surface area contributed by atoms with Gasteiger partial charge in [0, 0.05) is 49.7 Å². The lowest BCUT2D eigenvalue weighted by molar-refractivity contribution is -0.0623. The Hall–Kier alpha value is -0.720. The zero-order valence-electron chi connectivity index (χ0n) is 11.1. The summed E-state index contributed by atoms with van der Waals surface area (Å²) < 4.78 is 18.1. The molecule has 0 aliphatic carbocycles. The SMILES string of the molecule is OC(CNCC1(O)CCOCC1)c1ccc(F)cc1Cl. The number of hydrogen-bond donors (Lipinski definition) is 3. The molecule has 2 rings (SSSR count). The van der Waals surface area contributed by atoms with Gasteiger partial charge in [-0.2, -0.15) is 0 Å². The molecule has 1 fully saturated rings. The van der Waals surface area contributed by atoms with E-state index in [0.717, 1.165) is 0 Å². The van der Waals surface area contributed by atoms with E-state index in [1.807, 2.05) is 0 Å². The maximum atomic E-state index is 12.9. The molecule has 1 unspecified atom stereocenters. The molecule has 3 N–H and O–H groups in total. The molecule has 0 aromatic heterocycles. The summed E-state index contributed by atoms with van der Waals surface area (Å²) in [6.07, 6.45) is 0.312. The maximum absolute atomic E-state index is 12.9. The monoisotopic (exact) mass is 303 g/mol. The summed E-state index contributed by atoms with van der Waals surface area (Å²) in [7, 11) is 0. The average molecular weight is 304 g/mol. The fourth-order valence-corrected chi connectivity index (χ4v) is 2.54. The number of benzene rings is 1. The second kappa shape index (κ2) is 6.83. The van der Waals surface area contributed by atoms with E-state index < -0.39 is 17.5 Å². The first-order chi connectivity index (χ1) is 9.50. The Labute approximate surface area is 122 Å². The number of nitrogens with one attached hydrogen (secondary N) is 1. The Morgan fingerprint density at radius 3 is 2.75 bits per heavy atom. The second-order valence-electron chi connectivity index (χ2n) is 5.15. The van der Waals surface area contributed by atoms with E-state index in [4.69, 9.17) is 16.3 Å². The lowest BCUT2D eigenvalue weighted by Crippen LogP contribution is -2.45. The largest absolute Gasteiger partial charge is 0.388 e. The van der Waals surface area contributed by atoms with Gasteiger partial charge in [0.25, 0.3) is 0 Å². The second-order valence-corrected chi connectivity index (χ2v) is 5.56. The fourth-order valence-electron chi connectivity index (χ4n) is 2.25.